The van der Waals surface area contributed by atoms with E-state index in [0.29, 0.717) is 5.46 Å². The number of benzene rings is 19. The van der Waals surface area contributed by atoms with Crippen molar-refractivity contribution in [1.29, 1.82) is 0 Å². The summed E-state index contributed by atoms with van der Waals surface area (Å²) in [6, 6.07) is 143. The molecular weight excluding hydrogens is 1750 g/mol. The summed E-state index contributed by atoms with van der Waals surface area (Å²) < 4.78 is 11.1. The van der Waals surface area contributed by atoms with Crippen molar-refractivity contribution >= 4 is 180 Å². The van der Waals surface area contributed by atoms with Crippen LogP contribution in [0.1, 0.15) is 11.1 Å². The molecule has 0 bridgehead atoms. The summed E-state index contributed by atoms with van der Waals surface area (Å²) in [6.07, 6.45) is 0. The van der Waals surface area contributed by atoms with E-state index in [2.05, 4.69) is 325 Å². The highest BCUT2D eigenvalue weighted by Gasteiger charge is 2.21. The molecule has 0 atom stereocenters. The van der Waals surface area contributed by atoms with E-state index in [0.717, 1.165) is 119 Å². The van der Waals surface area contributed by atoms with Gasteiger partial charge in [0.25, 0.3) is 0 Å². The maximum atomic E-state index is 9.27. The summed E-state index contributed by atoms with van der Waals surface area (Å²) in [6.45, 7) is 0. The molecule has 121 heavy (non-hydrogen) atoms. The van der Waals surface area contributed by atoms with Gasteiger partial charge in [0.15, 0.2) is 0 Å². The van der Waals surface area contributed by atoms with Crippen molar-refractivity contribution in [2.24, 2.45) is 10.9 Å². The predicted octanol–water partition coefficient (Wildman–Crippen LogP) is 27.5. The molecule has 0 spiro atoms. The van der Waals surface area contributed by atoms with Crippen LogP contribution in [-0.4, -0.2) is 51.5 Å². The lowest BCUT2D eigenvalue weighted by Crippen LogP contribution is -2.29. The topological polar surface area (TPSA) is 132 Å². The molecule has 3 heterocycles. The Labute approximate surface area is 733 Å². The fraction of sp³-hybridized carbons (Fsp3) is 0. The number of hydrogen-bond acceptors (Lipinski definition) is 7. The Morgan fingerprint density at radius 1 is 0.264 bits per heavy atom. The molecule has 0 fully saturated rings. The molecule has 10 nitrogen and oxygen atoms in total. The number of para-hydroxylation sites is 9. The maximum absolute atomic E-state index is 9.27. The molecule has 4 N–H and O–H groups in total. The molecule has 19 aromatic carbocycles. The van der Waals surface area contributed by atoms with Crippen molar-refractivity contribution in [3.63, 3.8) is 0 Å². The first-order valence-corrected chi connectivity index (χ1v) is 42.7. The lowest BCUT2D eigenvalue weighted by molar-refractivity contribution is 0.426. The molecule has 0 saturated heterocycles. The van der Waals surface area contributed by atoms with Crippen molar-refractivity contribution in [2.45, 2.75) is 0 Å². The van der Waals surface area contributed by atoms with Gasteiger partial charge in [-0.25, -0.2) is 15.0 Å². The van der Waals surface area contributed by atoms with E-state index < -0.39 is 7.12 Å². The maximum Gasteiger partial charge on any atom is 0.488 e. The van der Waals surface area contributed by atoms with Gasteiger partial charge in [0.05, 0.1) is 38.8 Å². The molecule has 3 aromatic heterocycles. The van der Waals surface area contributed by atoms with E-state index in [1.807, 2.05) is 164 Å². The van der Waals surface area contributed by atoms with Gasteiger partial charge >= 0.3 is 7.12 Å². The van der Waals surface area contributed by atoms with Gasteiger partial charge < -0.3 is 15.9 Å². The summed E-state index contributed by atoms with van der Waals surface area (Å²) >= 11 is 14.7. The number of nitrogens with zero attached hydrogens (tertiary/aromatic N) is 7. The first-order valence-electron chi connectivity index (χ1n) is 39.5. The Morgan fingerprint density at radius 3 is 0.868 bits per heavy atom. The molecule has 0 unspecified atom stereocenters. The first-order chi connectivity index (χ1) is 59.5. The highest BCUT2D eigenvalue weighted by atomic mass is 79.9. The van der Waals surface area contributed by atoms with E-state index in [9.17, 15) is 10.0 Å². The van der Waals surface area contributed by atoms with Gasteiger partial charge in [-0.2, -0.15) is 5.10 Å². The minimum atomic E-state index is -1.47. The number of fused-ring (bicyclic) bond motifs is 13. The Balaban J connectivity index is 0.000000108. The second kappa shape index (κ2) is 35.6. The SMILES string of the molecule is Brc1cc2c3ccccc3c(-c3ccc(-c4nc5ccccc5n4-c4ccccc4)cc3)cc2c2ccccc12.Brc1cc2c3ccccc3c(Br)cc2c2ccccc12.Brc1ccc(-c2nc3ccccc3n2-c2ccccc2)cc1.NN=C(c1ccccc1)c1ccccc1.OB(O)c1ccc(-c2nc3ccccc3n2-c2ccccc2)cc1. The lowest BCUT2D eigenvalue weighted by atomic mass is 9.80. The first kappa shape index (κ1) is 78.7. The van der Waals surface area contributed by atoms with Crippen molar-refractivity contribution < 1.29 is 10.0 Å². The van der Waals surface area contributed by atoms with E-state index in [1.54, 1.807) is 12.1 Å². The standard InChI is InChI=1S/C37H23BrN2.C19H15BN2O2.C19H13BrN2.C18H10Br2.C13H12N2/c38-34-23-33-28-13-5-4-12-27(28)31(22-32(33)29-14-6-7-15-30(29)34)24-18-20-25(21-19-24)37-39-35-16-8-9-17-36(35)40(37)26-10-2-1-3-11-26;23-20(24)15-12-10-14(11-13-15)19-21-17-8-4-5-9-18(17)22(19)16-6-2-1-3-7-16;20-15-12-10-14(11-13-15)19-21-17-8-4-5-9-18(17)22(19)16-6-2-1-3-7-16;19-17-10-16-12-6-2-4-8-14(12)18(20)9-15(16)11-5-1-3-7-13(11)17;14-15-13(11-7-3-1-4-8-11)12-9-5-2-6-10-12/h1-23H;1-13,23-24H;1-13H;1-10H;1-10H,14H2. The smallest absolute Gasteiger partial charge is 0.423 e. The van der Waals surface area contributed by atoms with Crippen molar-refractivity contribution in [1.82, 2.24) is 28.7 Å². The van der Waals surface area contributed by atoms with Crippen LogP contribution in [-0.2, 0) is 0 Å². The predicted molar refractivity (Wildman–Crippen MR) is 520 cm³/mol. The zero-order valence-electron chi connectivity index (χ0n) is 65.0. The normalized spacial score (nSPS) is 11.1. The van der Waals surface area contributed by atoms with Crippen LogP contribution in [0.4, 0.5) is 0 Å². The number of halogens is 4. The van der Waals surface area contributed by atoms with E-state index >= 15 is 0 Å². The molecule has 22 aromatic rings. The van der Waals surface area contributed by atoms with Gasteiger partial charge in [0.1, 0.15) is 17.5 Å². The minimum absolute atomic E-state index is 0.459. The van der Waals surface area contributed by atoms with Gasteiger partial charge in [-0.3, -0.25) is 13.7 Å². The fourth-order valence-corrected chi connectivity index (χ4v) is 17.9. The largest absolute Gasteiger partial charge is 0.488 e. The number of rotatable bonds is 10. The van der Waals surface area contributed by atoms with Gasteiger partial charge in [-0.05, 0) is 190 Å². The number of nitrogens with two attached hydrogens (primary N) is 1. The third-order valence-corrected chi connectivity index (χ3v) is 24.1. The summed E-state index contributed by atoms with van der Waals surface area (Å²) in [5.41, 5.74) is 18.3. The van der Waals surface area contributed by atoms with Crippen LogP contribution in [0.2, 0.25) is 0 Å². The number of aromatic nitrogens is 6. The van der Waals surface area contributed by atoms with Crippen LogP contribution in [0.15, 0.2) is 442 Å². The second-order valence-corrected chi connectivity index (χ2v) is 32.4. The molecule has 0 amide bonds. The van der Waals surface area contributed by atoms with Crippen molar-refractivity contribution in [3.05, 3.63) is 448 Å². The van der Waals surface area contributed by atoms with Crippen molar-refractivity contribution in [3.8, 4) is 62.4 Å². The number of hydrogen-bond donors (Lipinski definition) is 3. The van der Waals surface area contributed by atoms with E-state index in [1.165, 1.54) is 75.8 Å². The van der Waals surface area contributed by atoms with Crippen LogP contribution in [0.3, 0.4) is 0 Å². The quantitative estimate of drug-likeness (QED) is 0.0411. The van der Waals surface area contributed by atoms with Crippen LogP contribution >= 0.6 is 63.7 Å². The highest BCUT2D eigenvalue weighted by molar-refractivity contribution is 9.11. The number of hydrazone groups is 1. The van der Waals surface area contributed by atoms with Gasteiger partial charge in [0, 0.05) is 62.8 Å². The van der Waals surface area contributed by atoms with Gasteiger partial charge in [-0.15, -0.1) is 0 Å². The highest BCUT2D eigenvalue weighted by Crippen LogP contribution is 2.43. The average molecular weight is 1820 g/mol. The van der Waals surface area contributed by atoms with E-state index in [-0.39, 0.29) is 0 Å². The molecule has 0 aliphatic heterocycles. The summed E-state index contributed by atoms with van der Waals surface area (Å²) in [5.74, 6) is 8.15. The Morgan fingerprint density at radius 2 is 0.529 bits per heavy atom. The van der Waals surface area contributed by atoms with E-state index in [4.69, 9.17) is 20.8 Å². The van der Waals surface area contributed by atoms with Gasteiger partial charge in [-0.1, -0.05) is 373 Å². The molecule has 0 saturated carbocycles. The van der Waals surface area contributed by atoms with Crippen LogP contribution < -0.4 is 11.3 Å². The lowest BCUT2D eigenvalue weighted by Gasteiger charge is -2.14. The monoisotopic (exact) mass is 1820 g/mol. The summed E-state index contributed by atoms with van der Waals surface area (Å²) in [4.78, 5) is 14.7. The molecule has 0 aliphatic rings. The summed E-state index contributed by atoms with van der Waals surface area (Å²) in [7, 11) is -1.47. The molecular formula is C106H73BBr4N8O2. The average Bonchev–Trinajstić information content (AvgIpc) is 1.59. The van der Waals surface area contributed by atoms with Gasteiger partial charge in [0.2, 0.25) is 0 Å². The summed E-state index contributed by atoms with van der Waals surface area (Å²) in [5, 5.41) is 37.5. The zero-order chi connectivity index (χ0) is 82.3. The van der Waals surface area contributed by atoms with Crippen LogP contribution in [0, 0.1) is 0 Å². The van der Waals surface area contributed by atoms with Crippen LogP contribution in [0.25, 0.3) is 160 Å². The molecule has 580 valence electrons. The molecule has 0 radical (unpaired) electrons. The second-order valence-electron chi connectivity index (χ2n) is 28.9. The Bertz CT molecular complexity index is 7400. The minimum Gasteiger partial charge on any atom is -0.423 e. The van der Waals surface area contributed by atoms with Crippen LogP contribution in [0.5, 0.6) is 0 Å². The fourth-order valence-electron chi connectivity index (χ4n) is 15.9. The zero-order valence-corrected chi connectivity index (χ0v) is 71.4. The Hall–Kier alpha value is -13.5. The molecule has 22 rings (SSSR count). The number of imidazole rings is 3. The third kappa shape index (κ3) is 16.3. The third-order valence-electron chi connectivity index (χ3n) is 21.6. The van der Waals surface area contributed by atoms with Crippen molar-refractivity contribution in [2.75, 3.05) is 0 Å². The molecule has 15 heteroatoms. The molecule has 0 aliphatic carbocycles. The Kier molecular flexibility index (Phi) is 23.2.